The highest BCUT2D eigenvalue weighted by molar-refractivity contribution is 6.06. The molecule has 3 aliphatic rings. The fourth-order valence-corrected chi connectivity index (χ4v) is 1.85. The SMILES string of the molecule is [C]1=NN2CNN=C2C2=C1CCC2. The van der Waals surface area contributed by atoms with Crippen LogP contribution < -0.4 is 5.43 Å². The predicted molar refractivity (Wildman–Crippen MR) is 45.6 cm³/mol. The number of hydrazone groups is 2. The fourth-order valence-electron chi connectivity index (χ4n) is 1.85. The first-order valence-electron chi connectivity index (χ1n) is 4.22. The van der Waals surface area contributed by atoms with Gasteiger partial charge in [0.05, 0.1) is 0 Å². The summed E-state index contributed by atoms with van der Waals surface area (Å²) < 4.78 is 0. The maximum atomic E-state index is 4.20. The zero-order valence-corrected chi connectivity index (χ0v) is 6.67. The summed E-state index contributed by atoms with van der Waals surface area (Å²) in [6.07, 6.45) is 6.54. The Morgan fingerprint density at radius 1 is 1.42 bits per heavy atom. The van der Waals surface area contributed by atoms with Crippen LogP contribution in [-0.4, -0.2) is 23.7 Å². The molecule has 3 rings (SSSR count). The summed E-state index contributed by atoms with van der Waals surface area (Å²) in [5.41, 5.74) is 5.52. The number of hydrogen-bond acceptors (Lipinski definition) is 4. The van der Waals surface area contributed by atoms with Gasteiger partial charge in [-0.2, -0.15) is 10.2 Å². The number of nitrogens with one attached hydrogen (secondary N) is 1. The van der Waals surface area contributed by atoms with E-state index >= 15 is 0 Å². The molecule has 0 saturated heterocycles. The van der Waals surface area contributed by atoms with E-state index in [1.807, 2.05) is 5.01 Å². The third-order valence-electron chi connectivity index (χ3n) is 2.44. The van der Waals surface area contributed by atoms with E-state index < -0.39 is 0 Å². The number of fused-ring (bicyclic) bond motifs is 2. The molecule has 4 heteroatoms. The Kier molecular flexibility index (Phi) is 1.08. The third kappa shape index (κ3) is 0.668. The molecule has 0 aromatic carbocycles. The second-order valence-electron chi connectivity index (χ2n) is 3.17. The van der Waals surface area contributed by atoms with Crippen LogP contribution in [0.1, 0.15) is 19.3 Å². The van der Waals surface area contributed by atoms with Crippen molar-refractivity contribution < 1.29 is 0 Å². The molecule has 0 aromatic heterocycles. The van der Waals surface area contributed by atoms with Crippen molar-refractivity contribution in [3.8, 4) is 0 Å². The van der Waals surface area contributed by atoms with Crippen LogP contribution >= 0.6 is 0 Å². The Morgan fingerprint density at radius 3 is 3.42 bits per heavy atom. The van der Waals surface area contributed by atoms with Crippen LogP contribution in [0, 0.1) is 0 Å². The third-order valence-corrected chi connectivity index (χ3v) is 2.44. The van der Waals surface area contributed by atoms with Gasteiger partial charge >= 0.3 is 0 Å². The van der Waals surface area contributed by atoms with Crippen molar-refractivity contribution >= 4 is 12.1 Å². The molecule has 61 valence electrons. The molecule has 0 saturated carbocycles. The molecule has 1 N–H and O–H groups in total. The van der Waals surface area contributed by atoms with Gasteiger partial charge in [-0.25, -0.2) is 5.01 Å². The first kappa shape index (κ1) is 6.22. The van der Waals surface area contributed by atoms with Gasteiger partial charge in [-0.05, 0) is 24.8 Å². The molecular weight excluding hydrogens is 152 g/mol. The molecule has 0 bridgehead atoms. The topological polar surface area (TPSA) is 40.0 Å². The zero-order chi connectivity index (χ0) is 7.97. The van der Waals surface area contributed by atoms with Crippen LogP contribution in [0.25, 0.3) is 0 Å². The van der Waals surface area contributed by atoms with Gasteiger partial charge in [0.1, 0.15) is 12.9 Å². The van der Waals surface area contributed by atoms with Gasteiger partial charge < -0.3 is 0 Å². The molecule has 0 atom stereocenters. The van der Waals surface area contributed by atoms with E-state index in [0.29, 0.717) is 6.67 Å². The van der Waals surface area contributed by atoms with Crippen LogP contribution in [0.4, 0.5) is 0 Å². The molecule has 2 heterocycles. The lowest BCUT2D eigenvalue weighted by atomic mass is 10.1. The normalized spacial score (nSPS) is 25.3. The highest BCUT2D eigenvalue weighted by Crippen LogP contribution is 2.30. The number of amidine groups is 1. The smallest absolute Gasteiger partial charge is 0.174 e. The minimum absolute atomic E-state index is 0.694. The van der Waals surface area contributed by atoms with Crippen molar-refractivity contribution in [2.24, 2.45) is 10.2 Å². The molecule has 2 aliphatic heterocycles. The second-order valence-corrected chi connectivity index (χ2v) is 3.17. The van der Waals surface area contributed by atoms with Crippen LogP contribution in [0.2, 0.25) is 0 Å². The average molecular weight is 161 g/mol. The standard InChI is InChI=1S/C8H9N4/c1-2-6-4-10-12-5-9-11-8(12)7(6)3-1/h9H,1-3,5H2. The highest BCUT2D eigenvalue weighted by atomic mass is 15.6. The van der Waals surface area contributed by atoms with Gasteiger partial charge in [-0.15, -0.1) is 0 Å². The summed E-state index contributed by atoms with van der Waals surface area (Å²) in [6, 6.07) is 0. The van der Waals surface area contributed by atoms with E-state index in [4.69, 9.17) is 0 Å². The van der Waals surface area contributed by atoms with E-state index in [0.717, 1.165) is 18.7 Å². The summed E-state index contributed by atoms with van der Waals surface area (Å²) in [6.45, 7) is 0.694. The number of allylic oxidation sites excluding steroid dienone is 1. The Balaban J connectivity index is 2.09. The second kappa shape index (κ2) is 2.09. The van der Waals surface area contributed by atoms with Crippen LogP contribution in [0.15, 0.2) is 21.3 Å². The Morgan fingerprint density at radius 2 is 2.42 bits per heavy atom. The summed E-state index contributed by atoms with van der Waals surface area (Å²) in [4.78, 5) is 0. The van der Waals surface area contributed by atoms with E-state index in [1.165, 1.54) is 17.6 Å². The first-order valence-corrected chi connectivity index (χ1v) is 4.22. The van der Waals surface area contributed by atoms with Crippen molar-refractivity contribution in [3.05, 3.63) is 11.1 Å². The maximum Gasteiger partial charge on any atom is 0.174 e. The number of rotatable bonds is 0. The molecule has 0 spiro atoms. The molecule has 0 fully saturated rings. The van der Waals surface area contributed by atoms with E-state index in [9.17, 15) is 0 Å². The van der Waals surface area contributed by atoms with Crippen molar-refractivity contribution in [2.75, 3.05) is 6.67 Å². The average Bonchev–Trinajstić information content (AvgIpc) is 2.71. The lowest BCUT2D eigenvalue weighted by Gasteiger charge is -2.17. The van der Waals surface area contributed by atoms with Gasteiger partial charge in [0.2, 0.25) is 0 Å². The Hall–Kier alpha value is -1.32. The Bertz CT molecular complexity index is 313. The van der Waals surface area contributed by atoms with Gasteiger partial charge in [0.25, 0.3) is 0 Å². The largest absolute Gasteiger partial charge is 0.286 e. The quantitative estimate of drug-likeness (QED) is 0.562. The van der Waals surface area contributed by atoms with Gasteiger partial charge in [0, 0.05) is 5.57 Å². The van der Waals surface area contributed by atoms with Crippen molar-refractivity contribution in [3.63, 3.8) is 0 Å². The predicted octanol–water partition coefficient (Wildman–Crippen LogP) is 0.520. The molecular formula is C8H9N4. The van der Waals surface area contributed by atoms with E-state index in [2.05, 4.69) is 21.8 Å². The van der Waals surface area contributed by atoms with Crippen molar-refractivity contribution in [2.45, 2.75) is 19.3 Å². The lowest BCUT2D eigenvalue weighted by Crippen LogP contribution is -2.28. The minimum atomic E-state index is 0.694. The lowest BCUT2D eigenvalue weighted by molar-refractivity contribution is 0.450. The minimum Gasteiger partial charge on any atom is -0.286 e. The molecule has 12 heavy (non-hydrogen) atoms. The summed E-state index contributed by atoms with van der Waals surface area (Å²) >= 11 is 0. The maximum absolute atomic E-state index is 4.20. The molecule has 0 unspecified atom stereocenters. The molecule has 0 aromatic rings. The van der Waals surface area contributed by atoms with Crippen LogP contribution in [0.3, 0.4) is 0 Å². The highest BCUT2D eigenvalue weighted by Gasteiger charge is 2.28. The zero-order valence-electron chi connectivity index (χ0n) is 6.67. The number of hydrogen-bond donors (Lipinski definition) is 1. The molecule has 1 radical (unpaired) electrons. The summed E-state index contributed by atoms with van der Waals surface area (Å²) in [5, 5.41) is 10.2. The summed E-state index contributed by atoms with van der Waals surface area (Å²) in [7, 11) is 0. The molecule has 1 aliphatic carbocycles. The van der Waals surface area contributed by atoms with E-state index in [-0.39, 0.29) is 0 Å². The van der Waals surface area contributed by atoms with Crippen molar-refractivity contribution in [1.29, 1.82) is 0 Å². The van der Waals surface area contributed by atoms with Crippen molar-refractivity contribution in [1.82, 2.24) is 10.4 Å². The fraction of sp³-hybridized carbons (Fsp3) is 0.500. The van der Waals surface area contributed by atoms with Gasteiger partial charge in [-0.1, -0.05) is 0 Å². The number of nitrogens with zero attached hydrogens (tertiary/aromatic N) is 3. The first-order chi connectivity index (χ1) is 5.95. The van der Waals surface area contributed by atoms with Crippen LogP contribution in [-0.2, 0) is 0 Å². The van der Waals surface area contributed by atoms with Gasteiger partial charge in [-0.3, -0.25) is 5.43 Å². The summed E-state index contributed by atoms with van der Waals surface area (Å²) in [5.74, 6) is 1.02. The molecule has 4 nitrogen and oxygen atoms in total. The molecule has 0 amide bonds. The van der Waals surface area contributed by atoms with E-state index in [1.54, 1.807) is 0 Å². The Labute approximate surface area is 70.6 Å². The van der Waals surface area contributed by atoms with Crippen LogP contribution in [0.5, 0.6) is 0 Å². The monoisotopic (exact) mass is 161 g/mol. The van der Waals surface area contributed by atoms with Gasteiger partial charge in [0.15, 0.2) is 5.84 Å².